The summed E-state index contributed by atoms with van der Waals surface area (Å²) in [6.45, 7) is 0.150. The van der Waals surface area contributed by atoms with Crippen molar-refractivity contribution in [3.05, 3.63) is 69.6 Å². The molecule has 0 bridgehead atoms. The van der Waals surface area contributed by atoms with Crippen LogP contribution in [0.1, 0.15) is 16.1 Å². The quantitative estimate of drug-likeness (QED) is 0.754. The molecule has 0 spiro atoms. The monoisotopic (exact) mass is 365 g/mol. The first kappa shape index (κ1) is 16.4. The maximum absolute atomic E-state index is 13.2. The van der Waals surface area contributed by atoms with E-state index in [2.05, 4.69) is 10.3 Å². The third kappa shape index (κ3) is 3.25. The van der Waals surface area contributed by atoms with Crippen LogP contribution in [0.25, 0.3) is 11.3 Å². The fraction of sp³-hybridized carbons (Fsp3) is 0.0625. The van der Waals surface area contributed by atoms with E-state index in [0.717, 1.165) is 0 Å². The van der Waals surface area contributed by atoms with Crippen LogP contribution in [-0.4, -0.2) is 26.1 Å². The minimum Gasteiger partial charge on any atom is -0.476 e. The molecule has 2 aromatic carbocycles. The summed E-state index contributed by atoms with van der Waals surface area (Å²) in [4.78, 5) is 11.4. The number of aromatic nitrogens is 3. The van der Waals surface area contributed by atoms with Gasteiger partial charge in [0.2, 0.25) is 0 Å². The van der Waals surface area contributed by atoms with Gasteiger partial charge in [-0.25, -0.2) is 13.9 Å². The van der Waals surface area contributed by atoms with E-state index in [4.69, 9.17) is 23.2 Å². The van der Waals surface area contributed by atoms with Crippen molar-refractivity contribution in [2.75, 3.05) is 0 Å². The molecule has 0 amide bonds. The average molecular weight is 366 g/mol. The summed E-state index contributed by atoms with van der Waals surface area (Å²) in [5.41, 5.74) is 1.32. The lowest BCUT2D eigenvalue weighted by Gasteiger charge is -2.09. The van der Waals surface area contributed by atoms with E-state index in [9.17, 15) is 14.3 Å². The van der Waals surface area contributed by atoms with Gasteiger partial charge in [0.05, 0.1) is 6.54 Å². The van der Waals surface area contributed by atoms with E-state index in [1.165, 1.54) is 22.9 Å². The Morgan fingerprint density at radius 1 is 1.17 bits per heavy atom. The van der Waals surface area contributed by atoms with Crippen LogP contribution in [0.15, 0.2) is 42.5 Å². The Labute approximate surface area is 146 Å². The van der Waals surface area contributed by atoms with Crippen LogP contribution >= 0.6 is 23.2 Å². The van der Waals surface area contributed by atoms with Crippen molar-refractivity contribution in [1.82, 2.24) is 15.0 Å². The molecule has 3 rings (SSSR count). The number of hydrogen-bond donors (Lipinski definition) is 1. The molecular formula is C16H10Cl2FN3O2. The molecule has 5 nitrogen and oxygen atoms in total. The second-order valence-electron chi connectivity index (χ2n) is 4.99. The number of rotatable bonds is 4. The molecule has 0 aliphatic carbocycles. The Hall–Kier alpha value is -2.44. The van der Waals surface area contributed by atoms with Crippen molar-refractivity contribution >= 4 is 29.2 Å². The zero-order valence-corrected chi connectivity index (χ0v) is 13.6. The van der Waals surface area contributed by atoms with Crippen LogP contribution in [0.3, 0.4) is 0 Å². The molecule has 8 heteroatoms. The number of benzene rings is 2. The first-order valence-electron chi connectivity index (χ1n) is 6.82. The highest BCUT2D eigenvalue weighted by Gasteiger charge is 2.21. The predicted molar refractivity (Wildman–Crippen MR) is 87.9 cm³/mol. The highest BCUT2D eigenvalue weighted by Crippen LogP contribution is 2.26. The summed E-state index contributed by atoms with van der Waals surface area (Å²) in [5, 5.41) is 17.7. The van der Waals surface area contributed by atoms with E-state index in [-0.39, 0.29) is 17.3 Å². The number of nitrogens with zero attached hydrogens (tertiary/aromatic N) is 3. The van der Waals surface area contributed by atoms with E-state index < -0.39 is 11.8 Å². The van der Waals surface area contributed by atoms with E-state index in [1.807, 2.05) is 0 Å². The standard InChI is InChI=1S/C16H10Cl2FN3O2/c17-11-4-1-9(2-5-11)15-14(16(23)24)20-21-22(15)8-10-3-6-12(19)7-13(10)18/h1-7H,8H2,(H,23,24). The van der Waals surface area contributed by atoms with Gasteiger partial charge in [-0.05, 0) is 29.8 Å². The van der Waals surface area contributed by atoms with E-state index in [0.29, 0.717) is 21.8 Å². The maximum atomic E-state index is 13.2. The van der Waals surface area contributed by atoms with Gasteiger partial charge in [-0.3, -0.25) is 0 Å². The van der Waals surface area contributed by atoms with Gasteiger partial charge in [-0.1, -0.05) is 46.6 Å². The van der Waals surface area contributed by atoms with Gasteiger partial charge in [-0.15, -0.1) is 5.10 Å². The molecule has 0 aliphatic heterocycles. The highest BCUT2D eigenvalue weighted by atomic mass is 35.5. The molecule has 0 radical (unpaired) electrons. The predicted octanol–water partition coefficient (Wildman–Crippen LogP) is 4.14. The van der Waals surface area contributed by atoms with Gasteiger partial charge in [-0.2, -0.15) is 0 Å². The lowest BCUT2D eigenvalue weighted by Crippen LogP contribution is -2.06. The normalized spacial score (nSPS) is 10.8. The summed E-state index contributed by atoms with van der Waals surface area (Å²) >= 11 is 11.9. The summed E-state index contributed by atoms with van der Waals surface area (Å²) in [6.07, 6.45) is 0. The minimum absolute atomic E-state index is 0.150. The summed E-state index contributed by atoms with van der Waals surface area (Å²) in [7, 11) is 0. The van der Waals surface area contributed by atoms with Crippen molar-refractivity contribution in [3.63, 3.8) is 0 Å². The van der Waals surface area contributed by atoms with Gasteiger partial charge in [0.15, 0.2) is 5.69 Å². The number of carboxylic acids is 1. The van der Waals surface area contributed by atoms with Crippen LogP contribution in [0.2, 0.25) is 10.0 Å². The summed E-state index contributed by atoms with van der Waals surface area (Å²) < 4.78 is 14.6. The molecule has 3 aromatic rings. The van der Waals surface area contributed by atoms with Gasteiger partial charge in [0.1, 0.15) is 11.5 Å². The number of aromatic carboxylic acids is 1. The molecule has 0 saturated carbocycles. The second kappa shape index (κ2) is 6.59. The molecule has 0 saturated heterocycles. The van der Waals surface area contributed by atoms with Crippen LogP contribution < -0.4 is 0 Å². The Morgan fingerprint density at radius 2 is 1.88 bits per heavy atom. The van der Waals surface area contributed by atoms with Crippen molar-refractivity contribution in [2.45, 2.75) is 6.54 Å². The van der Waals surface area contributed by atoms with Crippen LogP contribution in [-0.2, 0) is 6.54 Å². The maximum Gasteiger partial charge on any atom is 0.358 e. The Morgan fingerprint density at radius 3 is 2.50 bits per heavy atom. The zero-order chi connectivity index (χ0) is 17.3. The SMILES string of the molecule is O=C(O)c1nnn(Cc2ccc(F)cc2Cl)c1-c1ccc(Cl)cc1. The molecule has 24 heavy (non-hydrogen) atoms. The van der Waals surface area contributed by atoms with E-state index >= 15 is 0 Å². The smallest absolute Gasteiger partial charge is 0.358 e. The van der Waals surface area contributed by atoms with Crippen LogP contribution in [0.5, 0.6) is 0 Å². The molecule has 1 aromatic heterocycles. The third-order valence-corrected chi connectivity index (χ3v) is 3.99. The zero-order valence-electron chi connectivity index (χ0n) is 12.1. The molecule has 0 aliphatic rings. The van der Waals surface area contributed by atoms with Gasteiger partial charge in [0, 0.05) is 15.6 Å². The largest absolute Gasteiger partial charge is 0.476 e. The third-order valence-electron chi connectivity index (χ3n) is 3.39. The number of halogens is 3. The fourth-order valence-corrected chi connectivity index (χ4v) is 2.63. The van der Waals surface area contributed by atoms with Crippen molar-refractivity contribution in [3.8, 4) is 11.3 Å². The summed E-state index contributed by atoms with van der Waals surface area (Å²) in [6, 6.07) is 10.6. The van der Waals surface area contributed by atoms with Crippen molar-refractivity contribution in [2.24, 2.45) is 0 Å². The Bertz CT molecular complexity index is 910. The van der Waals surface area contributed by atoms with Gasteiger partial charge in [0.25, 0.3) is 0 Å². The minimum atomic E-state index is -1.20. The Balaban J connectivity index is 2.08. The number of carbonyl (C=O) groups is 1. The van der Waals surface area contributed by atoms with Crippen LogP contribution in [0.4, 0.5) is 4.39 Å². The molecular weight excluding hydrogens is 356 g/mol. The topological polar surface area (TPSA) is 68.0 Å². The molecule has 1 heterocycles. The van der Waals surface area contributed by atoms with Gasteiger partial charge < -0.3 is 5.11 Å². The summed E-state index contributed by atoms with van der Waals surface area (Å²) in [5.74, 6) is -1.65. The lowest BCUT2D eigenvalue weighted by molar-refractivity contribution is 0.0691. The first-order valence-corrected chi connectivity index (χ1v) is 7.58. The van der Waals surface area contributed by atoms with Crippen molar-refractivity contribution in [1.29, 1.82) is 0 Å². The molecule has 0 unspecified atom stereocenters. The lowest BCUT2D eigenvalue weighted by atomic mass is 10.1. The van der Waals surface area contributed by atoms with E-state index in [1.54, 1.807) is 24.3 Å². The molecule has 122 valence electrons. The number of carboxylic acid groups (broad SMARTS) is 1. The Kier molecular flexibility index (Phi) is 4.51. The average Bonchev–Trinajstić information content (AvgIpc) is 2.95. The van der Waals surface area contributed by atoms with Crippen LogP contribution in [0, 0.1) is 5.82 Å². The van der Waals surface area contributed by atoms with Crippen molar-refractivity contribution < 1.29 is 14.3 Å². The highest BCUT2D eigenvalue weighted by molar-refractivity contribution is 6.31. The fourth-order valence-electron chi connectivity index (χ4n) is 2.27. The second-order valence-corrected chi connectivity index (χ2v) is 5.84. The molecule has 0 fully saturated rings. The molecule has 0 atom stereocenters. The molecule has 1 N–H and O–H groups in total. The first-order chi connectivity index (χ1) is 11.5. The van der Waals surface area contributed by atoms with Gasteiger partial charge >= 0.3 is 5.97 Å². The number of hydrogen-bond acceptors (Lipinski definition) is 3.